The van der Waals surface area contributed by atoms with Gasteiger partial charge in [0.15, 0.2) is 0 Å². The number of rotatable bonds is 3. The predicted molar refractivity (Wildman–Crippen MR) is 47.4 cm³/mol. The number of phenols is 1. The van der Waals surface area contributed by atoms with Gasteiger partial charge >= 0.3 is 5.97 Å². The van der Waals surface area contributed by atoms with Gasteiger partial charge in [0.05, 0.1) is 0 Å². The predicted octanol–water partition coefficient (Wildman–Crippen LogP) is 0.486. The van der Waals surface area contributed by atoms with Gasteiger partial charge in [0, 0.05) is 6.07 Å². The average Bonchev–Trinajstić information content (AvgIpc) is 2.01. The zero-order valence-electron chi connectivity index (χ0n) is 7.27. The first kappa shape index (κ1) is 10.5. The Labute approximate surface area is 79.8 Å². The van der Waals surface area contributed by atoms with Crippen molar-refractivity contribution in [1.29, 1.82) is 0 Å². The molecule has 1 atom stereocenters. The van der Waals surface area contributed by atoms with Gasteiger partial charge in [-0.15, -0.1) is 0 Å². The van der Waals surface area contributed by atoms with Gasteiger partial charge < -0.3 is 15.9 Å². The largest absolute Gasteiger partial charge is 0.508 e. The van der Waals surface area contributed by atoms with Crippen molar-refractivity contribution >= 4 is 5.97 Å². The molecule has 0 heterocycles. The Morgan fingerprint density at radius 3 is 2.64 bits per heavy atom. The first-order chi connectivity index (χ1) is 6.49. The Kier molecular flexibility index (Phi) is 3.03. The van der Waals surface area contributed by atoms with Gasteiger partial charge in [0.1, 0.15) is 17.6 Å². The number of hydrogen-bond donors (Lipinski definition) is 3. The van der Waals surface area contributed by atoms with Gasteiger partial charge in [0.25, 0.3) is 0 Å². The maximum Gasteiger partial charge on any atom is 0.320 e. The van der Waals surface area contributed by atoms with Crippen molar-refractivity contribution < 1.29 is 19.4 Å². The minimum atomic E-state index is -1.16. The summed E-state index contributed by atoms with van der Waals surface area (Å²) in [7, 11) is 0. The molecule has 76 valence electrons. The molecule has 14 heavy (non-hydrogen) atoms. The van der Waals surface area contributed by atoms with Crippen LogP contribution < -0.4 is 5.73 Å². The van der Waals surface area contributed by atoms with Crippen LogP contribution in [0.25, 0.3) is 0 Å². The van der Waals surface area contributed by atoms with Crippen LogP contribution in [0, 0.1) is 5.82 Å². The second-order valence-corrected chi connectivity index (χ2v) is 2.97. The van der Waals surface area contributed by atoms with Crippen molar-refractivity contribution in [3.05, 3.63) is 29.6 Å². The van der Waals surface area contributed by atoms with E-state index in [0.717, 1.165) is 12.1 Å². The summed E-state index contributed by atoms with van der Waals surface area (Å²) in [5, 5.41) is 17.5. The zero-order valence-corrected chi connectivity index (χ0v) is 7.27. The number of carboxylic acids is 1. The van der Waals surface area contributed by atoms with E-state index in [1.54, 1.807) is 0 Å². The Morgan fingerprint density at radius 2 is 2.14 bits per heavy atom. The van der Waals surface area contributed by atoms with Gasteiger partial charge in [-0.05, 0) is 24.1 Å². The van der Waals surface area contributed by atoms with Crippen LogP contribution in [-0.4, -0.2) is 22.2 Å². The molecule has 0 saturated heterocycles. The summed E-state index contributed by atoms with van der Waals surface area (Å²) in [5.41, 5.74) is 5.60. The zero-order chi connectivity index (χ0) is 10.7. The van der Waals surface area contributed by atoms with Crippen LogP contribution in [0.15, 0.2) is 18.2 Å². The van der Waals surface area contributed by atoms with Gasteiger partial charge in [0.2, 0.25) is 0 Å². The Hall–Kier alpha value is -1.62. The lowest BCUT2D eigenvalue weighted by Gasteiger charge is -2.06. The molecule has 0 bridgehead atoms. The Morgan fingerprint density at radius 1 is 1.50 bits per heavy atom. The quantitative estimate of drug-likeness (QED) is 0.661. The highest BCUT2D eigenvalue weighted by molar-refractivity contribution is 5.73. The van der Waals surface area contributed by atoms with Crippen molar-refractivity contribution in [3.63, 3.8) is 0 Å². The third-order valence-corrected chi connectivity index (χ3v) is 1.72. The van der Waals surface area contributed by atoms with Crippen molar-refractivity contribution in [2.24, 2.45) is 5.73 Å². The fourth-order valence-corrected chi connectivity index (χ4v) is 1.09. The number of phenolic OH excluding ortho intramolecular Hbond substituents is 1. The molecule has 0 saturated carbocycles. The maximum atomic E-state index is 12.7. The molecule has 0 aliphatic heterocycles. The lowest BCUT2D eigenvalue weighted by molar-refractivity contribution is -0.138. The molecule has 0 spiro atoms. The minimum Gasteiger partial charge on any atom is -0.508 e. The Bertz CT molecular complexity index is 334. The summed E-state index contributed by atoms with van der Waals surface area (Å²) >= 11 is 0. The van der Waals surface area contributed by atoms with E-state index in [0.29, 0.717) is 5.56 Å². The smallest absolute Gasteiger partial charge is 0.320 e. The molecule has 1 rings (SSSR count). The van der Waals surface area contributed by atoms with Crippen LogP contribution in [0.5, 0.6) is 5.75 Å². The van der Waals surface area contributed by atoms with Crippen LogP contribution in [0.3, 0.4) is 0 Å². The molecule has 0 aliphatic rings. The first-order valence-electron chi connectivity index (χ1n) is 3.96. The lowest BCUT2D eigenvalue weighted by atomic mass is 10.1. The molecule has 0 amide bonds. The molecular formula is C9H10FNO3. The van der Waals surface area contributed by atoms with E-state index < -0.39 is 17.8 Å². The van der Waals surface area contributed by atoms with Crippen molar-refractivity contribution in [1.82, 2.24) is 0 Å². The summed E-state index contributed by atoms with van der Waals surface area (Å²) in [6, 6.07) is 2.28. The van der Waals surface area contributed by atoms with Gasteiger partial charge in [-0.25, -0.2) is 4.39 Å². The molecule has 0 radical (unpaired) electrons. The third kappa shape index (κ3) is 2.70. The van der Waals surface area contributed by atoms with Gasteiger partial charge in [-0.3, -0.25) is 4.79 Å². The number of carboxylic acid groups (broad SMARTS) is 1. The number of benzene rings is 1. The highest BCUT2D eigenvalue weighted by atomic mass is 19.1. The van der Waals surface area contributed by atoms with Crippen LogP contribution >= 0.6 is 0 Å². The number of halogens is 1. The first-order valence-corrected chi connectivity index (χ1v) is 3.96. The van der Waals surface area contributed by atoms with Gasteiger partial charge in [-0.1, -0.05) is 0 Å². The number of nitrogens with two attached hydrogens (primary N) is 1. The monoisotopic (exact) mass is 199 g/mol. The summed E-state index contributed by atoms with van der Waals surface area (Å²) in [6.45, 7) is 0. The maximum absolute atomic E-state index is 12.7. The van der Waals surface area contributed by atoms with E-state index in [1.165, 1.54) is 6.07 Å². The van der Waals surface area contributed by atoms with Crippen molar-refractivity contribution in [3.8, 4) is 5.75 Å². The third-order valence-electron chi connectivity index (χ3n) is 1.72. The number of carbonyl (C=O) groups is 1. The molecular weight excluding hydrogens is 189 g/mol. The highest BCUT2D eigenvalue weighted by Gasteiger charge is 2.12. The topological polar surface area (TPSA) is 83.5 Å². The molecule has 0 aromatic heterocycles. The van der Waals surface area contributed by atoms with E-state index >= 15 is 0 Å². The second-order valence-electron chi connectivity index (χ2n) is 2.97. The summed E-state index contributed by atoms with van der Waals surface area (Å²) < 4.78 is 12.7. The molecule has 1 unspecified atom stereocenters. The number of aromatic hydroxyl groups is 1. The van der Waals surface area contributed by atoms with Crippen LogP contribution in [0.2, 0.25) is 0 Å². The van der Waals surface area contributed by atoms with E-state index in [4.69, 9.17) is 15.9 Å². The van der Waals surface area contributed by atoms with Crippen LogP contribution in [0.1, 0.15) is 5.56 Å². The average molecular weight is 199 g/mol. The van der Waals surface area contributed by atoms with Crippen LogP contribution in [0.4, 0.5) is 4.39 Å². The summed E-state index contributed by atoms with van der Waals surface area (Å²) in [4.78, 5) is 10.4. The molecule has 4 N–H and O–H groups in total. The lowest BCUT2D eigenvalue weighted by Crippen LogP contribution is -2.32. The van der Waals surface area contributed by atoms with Crippen molar-refractivity contribution in [2.45, 2.75) is 12.5 Å². The number of aliphatic carboxylic acids is 1. The molecule has 0 aliphatic carbocycles. The standard InChI is InChI=1S/C9H10FNO3/c10-6-1-5(2-7(12)4-6)3-8(11)9(13)14/h1-2,4,8,12H,3,11H2,(H,13,14). The Balaban J connectivity index is 2.81. The molecule has 1 aromatic rings. The SMILES string of the molecule is NC(Cc1cc(O)cc(F)c1)C(=O)O. The van der Waals surface area contributed by atoms with E-state index in [1.807, 2.05) is 0 Å². The highest BCUT2D eigenvalue weighted by Crippen LogP contribution is 2.15. The molecule has 1 aromatic carbocycles. The second kappa shape index (κ2) is 4.06. The number of hydrogen-bond acceptors (Lipinski definition) is 3. The molecule has 4 nitrogen and oxygen atoms in total. The summed E-state index contributed by atoms with van der Waals surface area (Å²) in [5.74, 6) is -2.01. The normalized spacial score (nSPS) is 12.4. The van der Waals surface area contributed by atoms with Gasteiger partial charge in [-0.2, -0.15) is 0 Å². The molecule has 5 heteroatoms. The van der Waals surface area contributed by atoms with Crippen LogP contribution in [-0.2, 0) is 11.2 Å². The van der Waals surface area contributed by atoms with Crippen molar-refractivity contribution in [2.75, 3.05) is 0 Å². The fraction of sp³-hybridized carbons (Fsp3) is 0.222. The fourth-order valence-electron chi connectivity index (χ4n) is 1.09. The van der Waals surface area contributed by atoms with E-state index in [9.17, 15) is 9.18 Å². The van der Waals surface area contributed by atoms with E-state index in [-0.39, 0.29) is 12.2 Å². The van der Waals surface area contributed by atoms with E-state index in [2.05, 4.69) is 0 Å². The minimum absolute atomic E-state index is 0.0132. The summed E-state index contributed by atoms with van der Waals surface area (Å²) in [6.07, 6.45) is -0.0132. The molecule has 0 fully saturated rings.